The summed E-state index contributed by atoms with van der Waals surface area (Å²) in [7, 11) is 0. The molecule has 0 N–H and O–H groups in total. The van der Waals surface area contributed by atoms with Crippen molar-refractivity contribution >= 4 is 17.3 Å². The molecule has 1 saturated heterocycles. The molecule has 2 aliphatic heterocycles. The number of piperazine rings is 1. The highest BCUT2D eigenvalue weighted by Gasteiger charge is 2.22. The van der Waals surface area contributed by atoms with Gasteiger partial charge in [-0.25, -0.2) is 9.97 Å². The second kappa shape index (κ2) is 8.21. The maximum Gasteiger partial charge on any atom is 0.138 e. The molecule has 1 aromatic heterocycles. The number of para-hydroxylation sites is 1. The third-order valence-corrected chi connectivity index (χ3v) is 5.97. The average Bonchev–Trinajstić information content (AvgIpc) is 2.80. The molecule has 0 atom stereocenters. The van der Waals surface area contributed by atoms with E-state index in [2.05, 4.69) is 85.3 Å². The minimum Gasteiger partial charge on any atom is -0.354 e. The van der Waals surface area contributed by atoms with Crippen LogP contribution in [0.5, 0.6) is 0 Å². The minimum atomic E-state index is 1.000. The van der Waals surface area contributed by atoms with Crippen LogP contribution in [0.25, 0.3) is 0 Å². The SMILES string of the molecule is c1ccc(CN2CCN(c3cc(N4CCCc5ccccc54)ncn3)CC2)cc1. The van der Waals surface area contributed by atoms with Gasteiger partial charge in [0.25, 0.3) is 0 Å². The van der Waals surface area contributed by atoms with E-state index in [1.165, 1.54) is 16.8 Å². The molecule has 0 aliphatic carbocycles. The molecule has 29 heavy (non-hydrogen) atoms. The van der Waals surface area contributed by atoms with E-state index in [4.69, 9.17) is 0 Å². The summed E-state index contributed by atoms with van der Waals surface area (Å²) in [6, 6.07) is 21.6. The molecule has 0 saturated carbocycles. The first-order chi connectivity index (χ1) is 14.4. The predicted octanol–water partition coefficient (Wildman–Crippen LogP) is 3.88. The fraction of sp³-hybridized carbons (Fsp3) is 0.333. The van der Waals surface area contributed by atoms with Gasteiger partial charge >= 0.3 is 0 Å². The smallest absolute Gasteiger partial charge is 0.138 e. The lowest BCUT2D eigenvalue weighted by molar-refractivity contribution is 0.249. The van der Waals surface area contributed by atoms with E-state index in [1.54, 1.807) is 6.33 Å². The van der Waals surface area contributed by atoms with Crippen LogP contribution >= 0.6 is 0 Å². The summed E-state index contributed by atoms with van der Waals surface area (Å²) in [6.07, 6.45) is 4.03. The van der Waals surface area contributed by atoms with Crippen LogP contribution in [0.15, 0.2) is 67.0 Å². The second-order valence-electron chi connectivity index (χ2n) is 7.87. The molecule has 0 radical (unpaired) electrons. The Morgan fingerprint density at radius 2 is 1.52 bits per heavy atom. The number of hydrogen-bond acceptors (Lipinski definition) is 5. The van der Waals surface area contributed by atoms with Crippen LogP contribution < -0.4 is 9.80 Å². The highest BCUT2D eigenvalue weighted by molar-refractivity contribution is 5.67. The maximum absolute atomic E-state index is 4.61. The van der Waals surface area contributed by atoms with Crippen LogP contribution in [0.2, 0.25) is 0 Å². The Kier molecular flexibility index (Phi) is 5.13. The highest BCUT2D eigenvalue weighted by atomic mass is 15.3. The molecule has 148 valence electrons. The Morgan fingerprint density at radius 1 is 0.759 bits per heavy atom. The van der Waals surface area contributed by atoms with Gasteiger partial charge in [0.15, 0.2) is 0 Å². The van der Waals surface area contributed by atoms with E-state index >= 15 is 0 Å². The van der Waals surface area contributed by atoms with Gasteiger partial charge in [-0.05, 0) is 30.0 Å². The molecule has 1 fully saturated rings. The van der Waals surface area contributed by atoms with Crippen molar-refractivity contribution in [2.45, 2.75) is 19.4 Å². The van der Waals surface area contributed by atoms with Crippen molar-refractivity contribution in [2.75, 3.05) is 42.5 Å². The molecule has 5 nitrogen and oxygen atoms in total. The van der Waals surface area contributed by atoms with Gasteiger partial charge in [0.2, 0.25) is 0 Å². The number of hydrogen-bond donors (Lipinski definition) is 0. The molecule has 3 aromatic rings. The number of rotatable bonds is 4. The van der Waals surface area contributed by atoms with Gasteiger partial charge < -0.3 is 9.80 Å². The van der Waals surface area contributed by atoms with Gasteiger partial charge in [-0.15, -0.1) is 0 Å². The standard InChI is InChI=1S/C24H27N5/c1-2-7-20(8-3-1)18-27-13-15-28(16-14-27)23-17-24(26-19-25-23)29-12-6-10-21-9-4-5-11-22(21)29/h1-5,7-9,11,17,19H,6,10,12-16,18H2. The van der Waals surface area contributed by atoms with Crippen molar-refractivity contribution in [3.63, 3.8) is 0 Å². The first-order valence-corrected chi connectivity index (χ1v) is 10.6. The summed E-state index contributed by atoms with van der Waals surface area (Å²) >= 11 is 0. The Bertz CT molecular complexity index is 950. The second-order valence-corrected chi connectivity index (χ2v) is 7.87. The number of benzene rings is 2. The number of aromatic nitrogens is 2. The van der Waals surface area contributed by atoms with Crippen molar-refractivity contribution < 1.29 is 0 Å². The molecule has 0 amide bonds. The molecule has 2 aliphatic rings. The first kappa shape index (κ1) is 18.1. The molecule has 0 unspecified atom stereocenters. The Morgan fingerprint density at radius 3 is 2.38 bits per heavy atom. The van der Waals surface area contributed by atoms with E-state index in [0.717, 1.165) is 63.7 Å². The highest BCUT2D eigenvalue weighted by Crippen LogP contribution is 2.33. The third kappa shape index (κ3) is 3.96. The molecule has 5 heteroatoms. The van der Waals surface area contributed by atoms with Crippen molar-refractivity contribution in [2.24, 2.45) is 0 Å². The van der Waals surface area contributed by atoms with Crippen molar-refractivity contribution in [3.8, 4) is 0 Å². The van der Waals surface area contributed by atoms with E-state index < -0.39 is 0 Å². The van der Waals surface area contributed by atoms with Gasteiger partial charge in [-0.1, -0.05) is 48.5 Å². The molecule has 5 rings (SSSR count). The van der Waals surface area contributed by atoms with Gasteiger partial charge in [-0.2, -0.15) is 0 Å². The van der Waals surface area contributed by atoms with Crippen LogP contribution in [0.3, 0.4) is 0 Å². The number of aryl methyl sites for hydroxylation is 1. The van der Waals surface area contributed by atoms with Crippen LogP contribution in [0.1, 0.15) is 17.5 Å². The Labute approximate surface area is 172 Å². The van der Waals surface area contributed by atoms with E-state index in [9.17, 15) is 0 Å². The zero-order chi connectivity index (χ0) is 19.5. The molecule has 3 heterocycles. The summed E-state index contributed by atoms with van der Waals surface area (Å²) in [5, 5.41) is 0. The van der Waals surface area contributed by atoms with E-state index in [1.807, 2.05) is 0 Å². The Balaban J connectivity index is 1.28. The quantitative estimate of drug-likeness (QED) is 0.681. The zero-order valence-corrected chi connectivity index (χ0v) is 16.7. The first-order valence-electron chi connectivity index (χ1n) is 10.6. The largest absolute Gasteiger partial charge is 0.354 e. The lowest BCUT2D eigenvalue weighted by Crippen LogP contribution is -2.46. The van der Waals surface area contributed by atoms with Crippen LogP contribution in [0.4, 0.5) is 17.3 Å². The van der Waals surface area contributed by atoms with Gasteiger partial charge in [0, 0.05) is 51.0 Å². The van der Waals surface area contributed by atoms with Crippen LogP contribution in [0, 0.1) is 0 Å². The summed E-state index contributed by atoms with van der Waals surface area (Å²) < 4.78 is 0. The molecular weight excluding hydrogens is 358 g/mol. The third-order valence-electron chi connectivity index (χ3n) is 5.97. The van der Waals surface area contributed by atoms with Gasteiger partial charge in [-0.3, -0.25) is 4.90 Å². The van der Waals surface area contributed by atoms with Crippen LogP contribution in [-0.4, -0.2) is 47.6 Å². The van der Waals surface area contributed by atoms with Crippen molar-refractivity contribution in [1.82, 2.24) is 14.9 Å². The minimum absolute atomic E-state index is 1.000. The lowest BCUT2D eigenvalue weighted by atomic mass is 10.0. The van der Waals surface area contributed by atoms with Crippen molar-refractivity contribution in [3.05, 3.63) is 78.1 Å². The molecule has 0 spiro atoms. The van der Waals surface area contributed by atoms with E-state index in [0.29, 0.717) is 0 Å². The fourth-order valence-corrected chi connectivity index (χ4v) is 4.41. The Hall–Kier alpha value is -2.92. The van der Waals surface area contributed by atoms with Crippen LogP contribution in [-0.2, 0) is 13.0 Å². The molecule has 0 bridgehead atoms. The number of fused-ring (bicyclic) bond motifs is 1. The molecule has 2 aromatic carbocycles. The van der Waals surface area contributed by atoms with Gasteiger partial charge in [0.1, 0.15) is 18.0 Å². The van der Waals surface area contributed by atoms with Gasteiger partial charge in [0.05, 0.1) is 0 Å². The lowest BCUT2D eigenvalue weighted by Gasteiger charge is -2.36. The predicted molar refractivity (Wildman–Crippen MR) is 118 cm³/mol. The summed E-state index contributed by atoms with van der Waals surface area (Å²) in [5.41, 5.74) is 4.08. The summed E-state index contributed by atoms with van der Waals surface area (Å²) in [5.74, 6) is 2.05. The maximum atomic E-state index is 4.61. The average molecular weight is 386 g/mol. The van der Waals surface area contributed by atoms with Crippen molar-refractivity contribution in [1.29, 1.82) is 0 Å². The summed E-state index contributed by atoms with van der Waals surface area (Å²) in [4.78, 5) is 16.5. The topological polar surface area (TPSA) is 35.5 Å². The summed E-state index contributed by atoms with van der Waals surface area (Å²) in [6.45, 7) is 6.15. The normalized spacial score (nSPS) is 17.2. The molecular formula is C24H27N5. The number of nitrogens with zero attached hydrogens (tertiary/aromatic N) is 5. The monoisotopic (exact) mass is 385 g/mol. The number of anilines is 3. The van der Waals surface area contributed by atoms with E-state index in [-0.39, 0.29) is 0 Å². The zero-order valence-electron chi connectivity index (χ0n) is 16.7. The fourth-order valence-electron chi connectivity index (χ4n) is 4.41.